The molecule has 0 saturated carbocycles. The summed E-state index contributed by atoms with van der Waals surface area (Å²) in [5.41, 5.74) is 1.05. The smallest absolute Gasteiger partial charge is 0.312 e. The van der Waals surface area contributed by atoms with Gasteiger partial charge in [0.05, 0.1) is 7.11 Å². The number of methoxy groups -OCH3 is 1. The molecule has 1 saturated heterocycles. The number of benzene rings is 1. The third kappa shape index (κ3) is 3.33. The van der Waals surface area contributed by atoms with Gasteiger partial charge < -0.3 is 19.9 Å². The van der Waals surface area contributed by atoms with E-state index in [9.17, 15) is 9.59 Å². The number of carbonyl (C=O) groups is 2. The number of nitrogens with zero attached hydrogens (tertiary/aromatic N) is 2. The molecule has 1 N–H and O–H groups in total. The minimum Gasteiger partial charge on any atom is -0.497 e. The Labute approximate surface area is 124 Å². The fraction of sp³-hybridized carbons (Fsp3) is 0.467. The first-order valence-electron chi connectivity index (χ1n) is 6.92. The van der Waals surface area contributed by atoms with Gasteiger partial charge in [0.25, 0.3) is 0 Å². The van der Waals surface area contributed by atoms with Crippen LogP contribution in [0.2, 0.25) is 0 Å². The SMILES string of the molecule is CNC(CN1CCN(C)C(=O)C1=O)c1ccc(OC)cc1. The zero-order valence-electron chi connectivity index (χ0n) is 12.6. The summed E-state index contributed by atoms with van der Waals surface area (Å²) in [5, 5.41) is 3.19. The summed E-state index contributed by atoms with van der Waals surface area (Å²) in [6.07, 6.45) is 0. The number of hydrogen-bond donors (Lipinski definition) is 1. The summed E-state index contributed by atoms with van der Waals surface area (Å²) in [5.74, 6) is -0.0807. The van der Waals surface area contributed by atoms with Gasteiger partial charge >= 0.3 is 11.8 Å². The van der Waals surface area contributed by atoms with Crippen molar-refractivity contribution in [1.29, 1.82) is 0 Å². The van der Waals surface area contributed by atoms with E-state index in [1.807, 2.05) is 31.3 Å². The van der Waals surface area contributed by atoms with E-state index in [-0.39, 0.29) is 6.04 Å². The van der Waals surface area contributed by atoms with Gasteiger partial charge in [-0.2, -0.15) is 0 Å². The molecule has 2 rings (SSSR count). The number of ether oxygens (including phenoxy) is 1. The topological polar surface area (TPSA) is 61.9 Å². The number of hydrogen-bond acceptors (Lipinski definition) is 4. The van der Waals surface area contributed by atoms with Crippen molar-refractivity contribution in [2.24, 2.45) is 0 Å². The molecular weight excluding hydrogens is 270 g/mol. The van der Waals surface area contributed by atoms with Gasteiger partial charge in [0.15, 0.2) is 0 Å². The van der Waals surface area contributed by atoms with Crippen LogP contribution in [-0.4, -0.2) is 62.5 Å². The summed E-state index contributed by atoms with van der Waals surface area (Å²) in [4.78, 5) is 26.8. The first kappa shape index (κ1) is 15.3. The number of likely N-dealkylation sites (N-methyl/N-ethyl adjacent to an activating group) is 2. The number of amides is 2. The molecule has 1 aliphatic heterocycles. The molecule has 1 heterocycles. The first-order valence-corrected chi connectivity index (χ1v) is 6.92. The number of carbonyl (C=O) groups excluding carboxylic acids is 2. The molecule has 1 fully saturated rings. The lowest BCUT2D eigenvalue weighted by Crippen LogP contribution is -2.54. The molecule has 0 aliphatic carbocycles. The second-order valence-electron chi connectivity index (χ2n) is 5.09. The van der Waals surface area contributed by atoms with Crippen molar-refractivity contribution >= 4 is 11.8 Å². The standard InChI is InChI=1S/C15H21N3O3/c1-16-13(11-4-6-12(21-3)7-5-11)10-18-9-8-17(2)14(19)15(18)20/h4-7,13,16H,8-10H2,1-3H3. The maximum atomic E-state index is 12.0. The van der Waals surface area contributed by atoms with E-state index < -0.39 is 11.8 Å². The third-order valence-corrected chi connectivity index (χ3v) is 3.79. The van der Waals surface area contributed by atoms with Crippen molar-refractivity contribution in [3.8, 4) is 5.75 Å². The van der Waals surface area contributed by atoms with Crippen molar-refractivity contribution in [3.63, 3.8) is 0 Å². The van der Waals surface area contributed by atoms with Crippen LogP contribution in [0.5, 0.6) is 5.75 Å². The van der Waals surface area contributed by atoms with Gasteiger partial charge in [0, 0.05) is 32.7 Å². The summed E-state index contributed by atoms with van der Waals surface area (Å²) in [6, 6.07) is 7.67. The molecule has 1 atom stereocenters. The Hall–Kier alpha value is -2.08. The minimum atomic E-state index is -0.439. The maximum absolute atomic E-state index is 12.0. The van der Waals surface area contributed by atoms with Crippen LogP contribution in [0.1, 0.15) is 11.6 Å². The van der Waals surface area contributed by atoms with Crippen molar-refractivity contribution in [1.82, 2.24) is 15.1 Å². The Kier molecular flexibility index (Phi) is 4.80. The van der Waals surface area contributed by atoms with Crippen LogP contribution in [0.25, 0.3) is 0 Å². The normalized spacial score (nSPS) is 17.1. The molecule has 1 aliphatic rings. The molecule has 21 heavy (non-hydrogen) atoms. The third-order valence-electron chi connectivity index (χ3n) is 3.79. The van der Waals surface area contributed by atoms with Crippen LogP contribution in [0.4, 0.5) is 0 Å². The highest BCUT2D eigenvalue weighted by Crippen LogP contribution is 2.19. The fourth-order valence-electron chi connectivity index (χ4n) is 2.37. The van der Waals surface area contributed by atoms with Crippen LogP contribution in [0.3, 0.4) is 0 Å². The van der Waals surface area contributed by atoms with E-state index in [1.54, 1.807) is 19.1 Å². The highest BCUT2D eigenvalue weighted by atomic mass is 16.5. The van der Waals surface area contributed by atoms with Crippen LogP contribution < -0.4 is 10.1 Å². The molecule has 0 aromatic heterocycles. The molecule has 114 valence electrons. The average molecular weight is 291 g/mol. The quantitative estimate of drug-likeness (QED) is 0.790. The predicted octanol–water partition coefficient (Wildman–Crippen LogP) is 0.256. The van der Waals surface area contributed by atoms with Gasteiger partial charge in [-0.25, -0.2) is 0 Å². The zero-order valence-corrected chi connectivity index (χ0v) is 12.6. The van der Waals surface area contributed by atoms with Crippen molar-refractivity contribution < 1.29 is 14.3 Å². The molecule has 1 aromatic carbocycles. The highest BCUT2D eigenvalue weighted by Gasteiger charge is 2.31. The maximum Gasteiger partial charge on any atom is 0.312 e. The van der Waals surface area contributed by atoms with Crippen LogP contribution >= 0.6 is 0 Å². The van der Waals surface area contributed by atoms with E-state index in [2.05, 4.69) is 5.32 Å². The van der Waals surface area contributed by atoms with E-state index in [0.29, 0.717) is 19.6 Å². The van der Waals surface area contributed by atoms with Crippen molar-refractivity contribution in [2.75, 3.05) is 40.8 Å². The van der Waals surface area contributed by atoms with Crippen molar-refractivity contribution in [2.45, 2.75) is 6.04 Å². The number of nitrogens with one attached hydrogen (secondary N) is 1. The lowest BCUT2D eigenvalue weighted by Gasteiger charge is -2.34. The van der Waals surface area contributed by atoms with Gasteiger partial charge in [-0.1, -0.05) is 12.1 Å². The Balaban J connectivity index is 2.08. The zero-order chi connectivity index (χ0) is 15.4. The van der Waals surface area contributed by atoms with Gasteiger partial charge in [0.1, 0.15) is 5.75 Å². The molecule has 1 aromatic rings. The van der Waals surface area contributed by atoms with Gasteiger partial charge in [-0.3, -0.25) is 9.59 Å². The summed E-state index contributed by atoms with van der Waals surface area (Å²) in [6.45, 7) is 1.61. The van der Waals surface area contributed by atoms with Crippen LogP contribution in [0.15, 0.2) is 24.3 Å². The lowest BCUT2D eigenvalue weighted by molar-refractivity contribution is -0.155. The monoisotopic (exact) mass is 291 g/mol. The molecule has 2 amide bonds. The van der Waals surface area contributed by atoms with Gasteiger partial charge in [0.2, 0.25) is 0 Å². The molecule has 6 heteroatoms. The summed E-state index contributed by atoms with van der Waals surface area (Å²) in [7, 11) is 5.12. The Morgan fingerprint density at radius 2 is 1.86 bits per heavy atom. The largest absolute Gasteiger partial charge is 0.497 e. The Morgan fingerprint density at radius 3 is 2.43 bits per heavy atom. The lowest BCUT2D eigenvalue weighted by atomic mass is 10.1. The van der Waals surface area contributed by atoms with Crippen LogP contribution in [-0.2, 0) is 9.59 Å². The molecule has 0 bridgehead atoms. The first-order chi connectivity index (χ1) is 10.1. The number of piperazine rings is 1. The summed E-state index contributed by atoms with van der Waals surface area (Å²) < 4.78 is 5.14. The van der Waals surface area contributed by atoms with E-state index in [4.69, 9.17) is 4.74 Å². The number of rotatable bonds is 5. The highest BCUT2D eigenvalue weighted by molar-refractivity contribution is 6.35. The molecule has 1 unspecified atom stereocenters. The van der Waals surface area contributed by atoms with E-state index >= 15 is 0 Å². The van der Waals surface area contributed by atoms with Crippen LogP contribution in [0, 0.1) is 0 Å². The van der Waals surface area contributed by atoms with E-state index in [1.165, 1.54) is 4.90 Å². The Morgan fingerprint density at radius 1 is 1.19 bits per heavy atom. The second-order valence-corrected chi connectivity index (χ2v) is 5.09. The second kappa shape index (κ2) is 6.58. The van der Waals surface area contributed by atoms with Gasteiger partial charge in [-0.05, 0) is 24.7 Å². The molecule has 0 spiro atoms. The summed E-state index contributed by atoms with van der Waals surface area (Å²) >= 11 is 0. The molecule has 6 nitrogen and oxygen atoms in total. The van der Waals surface area contributed by atoms with Gasteiger partial charge in [-0.15, -0.1) is 0 Å². The average Bonchev–Trinajstić information content (AvgIpc) is 2.52. The molecule has 0 radical (unpaired) electrons. The minimum absolute atomic E-state index is 0.0175. The Bertz CT molecular complexity index is 515. The fourth-order valence-corrected chi connectivity index (χ4v) is 2.37. The molecular formula is C15H21N3O3. The predicted molar refractivity (Wildman–Crippen MR) is 79.0 cm³/mol. The van der Waals surface area contributed by atoms with E-state index in [0.717, 1.165) is 11.3 Å². The van der Waals surface area contributed by atoms with Crippen molar-refractivity contribution in [3.05, 3.63) is 29.8 Å².